The number of piperidine rings is 2. The number of fused-ring (bicyclic) bond motifs is 1. The molecule has 0 spiro atoms. The highest BCUT2D eigenvalue weighted by Crippen LogP contribution is 2.29. The number of benzene rings is 1. The number of carbonyl (C=O) groups is 1. The zero-order valence-electron chi connectivity index (χ0n) is 17.5. The number of hydrogen-bond donors (Lipinski definition) is 2. The van der Waals surface area contributed by atoms with E-state index in [1.165, 1.54) is 49.9 Å². The van der Waals surface area contributed by atoms with E-state index in [0.717, 1.165) is 25.9 Å². The predicted octanol–water partition coefficient (Wildman–Crippen LogP) is 1.16. The van der Waals surface area contributed by atoms with Gasteiger partial charge < -0.3 is 5.32 Å². The maximum atomic E-state index is 12.6. The Kier molecular flexibility index (Phi) is 5.77. The lowest BCUT2D eigenvalue weighted by Gasteiger charge is -2.43. The summed E-state index contributed by atoms with van der Waals surface area (Å²) in [5.74, 6) is 0.705. The molecule has 3 heterocycles. The normalized spacial score (nSPS) is 24.1. The van der Waals surface area contributed by atoms with Crippen LogP contribution in [0.2, 0.25) is 0 Å². The minimum Gasteiger partial charge on any atom is -0.348 e. The fourth-order valence-electron chi connectivity index (χ4n) is 5.53. The number of nitrogens with one attached hydrogen (secondary N) is 2. The highest BCUT2D eigenvalue weighted by Gasteiger charge is 2.34. The SMILES string of the molecule is O=C(NCc1nn[nH]n1)[C@@H]1CCCN(C2CCN(C3Cc4ccccc4C3)CC2)C1. The Morgan fingerprint density at radius 3 is 2.50 bits per heavy atom. The van der Waals surface area contributed by atoms with Gasteiger partial charge in [0.25, 0.3) is 0 Å². The van der Waals surface area contributed by atoms with Crippen molar-refractivity contribution in [2.75, 3.05) is 26.2 Å². The highest BCUT2D eigenvalue weighted by atomic mass is 16.1. The van der Waals surface area contributed by atoms with Crippen LogP contribution in [-0.2, 0) is 24.2 Å². The number of amides is 1. The van der Waals surface area contributed by atoms with Gasteiger partial charge in [-0.25, -0.2) is 0 Å². The summed E-state index contributed by atoms with van der Waals surface area (Å²) < 4.78 is 0. The van der Waals surface area contributed by atoms with Crippen molar-refractivity contribution in [3.63, 3.8) is 0 Å². The predicted molar refractivity (Wildman–Crippen MR) is 113 cm³/mol. The molecular weight excluding hydrogens is 378 g/mol. The molecule has 2 fully saturated rings. The molecule has 3 aliphatic rings. The van der Waals surface area contributed by atoms with Crippen LogP contribution in [0.25, 0.3) is 0 Å². The van der Waals surface area contributed by atoms with E-state index in [9.17, 15) is 4.79 Å². The second-order valence-electron chi connectivity index (χ2n) is 8.98. The number of aromatic nitrogens is 4. The molecule has 2 aromatic rings. The average Bonchev–Trinajstić information content (AvgIpc) is 3.47. The molecule has 1 aliphatic carbocycles. The van der Waals surface area contributed by atoms with Gasteiger partial charge in [-0.05, 0) is 69.3 Å². The van der Waals surface area contributed by atoms with Gasteiger partial charge in [-0.15, -0.1) is 10.2 Å². The van der Waals surface area contributed by atoms with Crippen molar-refractivity contribution in [2.24, 2.45) is 5.92 Å². The van der Waals surface area contributed by atoms with Crippen molar-refractivity contribution >= 4 is 5.91 Å². The lowest BCUT2D eigenvalue weighted by atomic mass is 9.92. The van der Waals surface area contributed by atoms with Crippen LogP contribution < -0.4 is 5.32 Å². The molecule has 0 unspecified atom stereocenters. The van der Waals surface area contributed by atoms with Gasteiger partial charge in [-0.3, -0.25) is 14.6 Å². The average molecular weight is 410 g/mol. The quantitative estimate of drug-likeness (QED) is 0.770. The third kappa shape index (κ3) is 4.25. The first kappa shape index (κ1) is 19.6. The molecule has 1 amide bonds. The van der Waals surface area contributed by atoms with Crippen molar-refractivity contribution in [3.05, 3.63) is 41.2 Å². The van der Waals surface area contributed by atoms with Crippen LogP contribution in [0.15, 0.2) is 24.3 Å². The lowest BCUT2D eigenvalue weighted by molar-refractivity contribution is -0.127. The van der Waals surface area contributed by atoms with Crippen molar-refractivity contribution in [2.45, 2.75) is 57.2 Å². The number of likely N-dealkylation sites (tertiary alicyclic amines) is 2. The Morgan fingerprint density at radius 1 is 1.03 bits per heavy atom. The molecule has 1 aromatic carbocycles. The second-order valence-corrected chi connectivity index (χ2v) is 8.98. The van der Waals surface area contributed by atoms with E-state index in [0.29, 0.717) is 24.5 Å². The van der Waals surface area contributed by atoms with Gasteiger partial charge in [-0.2, -0.15) is 5.21 Å². The fourth-order valence-corrected chi connectivity index (χ4v) is 5.53. The largest absolute Gasteiger partial charge is 0.348 e. The Labute approximate surface area is 177 Å². The first-order valence-electron chi connectivity index (χ1n) is 11.3. The van der Waals surface area contributed by atoms with E-state index in [1.54, 1.807) is 0 Å². The first-order valence-corrected chi connectivity index (χ1v) is 11.3. The monoisotopic (exact) mass is 409 g/mol. The molecule has 2 N–H and O–H groups in total. The number of carbonyl (C=O) groups excluding carboxylic acids is 1. The van der Waals surface area contributed by atoms with Gasteiger partial charge in [0.1, 0.15) is 0 Å². The summed E-state index contributed by atoms with van der Waals surface area (Å²) in [5.41, 5.74) is 3.07. The van der Waals surface area contributed by atoms with E-state index in [1.807, 2.05) is 0 Å². The molecule has 8 nitrogen and oxygen atoms in total. The smallest absolute Gasteiger partial charge is 0.224 e. The minimum atomic E-state index is 0.0630. The van der Waals surface area contributed by atoms with Crippen LogP contribution in [0.4, 0.5) is 0 Å². The Bertz CT molecular complexity index is 822. The number of hydrogen-bond acceptors (Lipinski definition) is 6. The van der Waals surface area contributed by atoms with E-state index in [2.05, 4.69) is 60.0 Å². The third-order valence-electron chi connectivity index (χ3n) is 7.19. The summed E-state index contributed by atoms with van der Waals surface area (Å²) in [6.45, 7) is 4.68. The van der Waals surface area contributed by atoms with E-state index in [4.69, 9.17) is 0 Å². The Morgan fingerprint density at radius 2 is 1.80 bits per heavy atom. The molecule has 0 bridgehead atoms. The second kappa shape index (κ2) is 8.81. The van der Waals surface area contributed by atoms with Crippen LogP contribution in [0.5, 0.6) is 0 Å². The lowest BCUT2D eigenvalue weighted by Crippen LogP contribution is -2.52. The van der Waals surface area contributed by atoms with Crippen molar-refractivity contribution < 1.29 is 4.79 Å². The van der Waals surface area contributed by atoms with Gasteiger partial charge in [0.05, 0.1) is 12.5 Å². The molecule has 0 saturated carbocycles. The number of tetrazole rings is 1. The van der Waals surface area contributed by atoms with E-state index < -0.39 is 0 Å². The van der Waals surface area contributed by atoms with Crippen LogP contribution in [0.3, 0.4) is 0 Å². The summed E-state index contributed by atoms with van der Waals surface area (Å²) >= 11 is 0. The molecule has 2 saturated heterocycles. The zero-order valence-corrected chi connectivity index (χ0v) is 17.5. The Hall–Kier alpha value is -2.32. The number of nitrogens with zero attached hydrogens (tertiary/aromatic N) is 5. The summed E-state index contributed by atoms with van der Waals surface area (Å²) in [4.78, 5) is 17.9. The molecule has 2 aliphatic heterocycles. The summed E-state index contributed by atoms with van der Waals surface area (Å²) in [5, 5.41) is 16.7. The van der Waals surface area contributed by atoms with Crippen LogP contribution in [0, 0.1) is 5.92 Å². The molecule has 0 radical (unpaired) electrons. The summed E-state index contributed by atoms with van der Waals surface area (Å²) in [6.07, 6.45) is 6.89. The molecule has 30 heavy (non-hydrogen) atoms. The van der Waals surface area contributed by atoms with Crippen LogP contribution >= 0.6 is 0 Å². The first-order chi connectivity index (χ1) is 14.8. The third-order valence-corrected chi connectivity index (χ3v) is 7.19. The maximum absolute atomic E-state index is 12.6. The van der Waals surface area contributed by atoms with Gasteiger partial charge in [-0.1, -0.05) is 29.5 Å². The van der Waals surface area contributed by atoms with Gasteiger partial charge >= 0.3 is 0 Å². The van der Waals surface area contributed by atoms with Crippen LogP contribution in [0.1, 0.15) is 42.6 Å². The van der Waals surface area contributed by atoms with Gasteiger partial charge in [0.2, 0.25) is 5.91 Å². The fraction of sp³-hybridized carbons (Fsp3) is 0.636. The number of H-pyrrole nitrogens is 1. The van der Waals surface area contributed by atoms with Gasteiger partial charge in [0.15, 0.2) is 5.82 Å². The van der Waals surface area contributed by atoms with Crippen molar-refractivity contribution in [3.8, 4) is 0 Å². The molecule has 1 atom stereocenters. The minimum absolute atomic E-state index is 0.0630. The van der Waals surface area contributed by atoms with E-state index in [-0.39, 0.29) is 11.8 Å². The number of rotatable bonds is 5. The maximum Gasteiger partial charge on any atom is 0.224 e. The van der Waals surface area contributed by atoms with E-state index >= 15 is 0 Å². The molecular formula is C22H31N7O. The van der Waals surface area contributed by atoms with Crippen molar-refractivity contribution in [1.29, 1.82) is 0 Å². The molecule has 160 valence electrons. The van der Waals surface area contributed by atoms with Gasteiger partial charge in [0, 0.05) is 18.6 Å². The topological polar surface area (TPSA) is 90.0 Å². The molecule has 8 heteroatoms. The highest BCUT2D eigenvalue weighted by molar-refractivity contribution is 5.78. The van der Waals surface area contributed by atoms with Crippen LogP contribution in [-0.4, -0.2) is 74.6 Å². The summed E-state index contributed by atoms with van der Waals surface area (Å²) in [6, 6.07) is 10.2. The standard InChI is InChI=1S/C22H31N7O/c30-22(23-14-21-24-26-27-25-21)18-6-3-9-29(15-18)19-7-10-28(11-8-19)20-12-16-4-1-2-5-17(16)13-20/h1-2,4-5,18-20H,3,6-15H2,(H,23,30)(H,24,25,26,27)/t18-/m1/s1. The number of aromatic amines is 1. The summed E-state index contributed by atoms with van der Waals surface area (Å²) in [7, 11) is 0. The zero-order chi connectivity index (χ0) is 20.3. The molecule has 5 rings (SSSR count). The van der Waals surface area contributed by atoms with Crippen molar-refractivity contribution in [1.82, 2.24) is 35.7 Å². The molecule has 1 aromatic heterocycles. The Balaban J connectivity index is 1.10.